The van der Waals surface area contributed by atoms with Gasteiger partial charge in [0.25, 0.3) is 5.91 Å². The number of amides is 2. The van der Waals surface area contributed by atoms with Crippen LogP contribution in [0.4, 0.5) is 5.69 Å². The van der Waals surface area contributed by atoms with E-state index in [0.29, 0.717) is 23.5 Å². The molecule has 1 heterocycles. The molecule has 2 amide bonds. The summed E-state index contributed by atoms with van der Waals surface area (Å²) < 4.78 is 0. The average molecular weight is 482 g/mol. The molecule has 1 aliphatic rings. The van der Waals surface area contributed by atoms with E-state index in [1.54, 1.807) is 54.2 Å². The number of halogens is 2. The van der Waals surface area contributed by atoms with Crippen LogP contribution in [0.3, 0.4) is 0 Å². The van der Waals surface area contributed by atoms with Crippen LogP contribution in [0.25, 0.3) is 0 Å². The summed E-state index contributed by atoms with van der Waals surface area (Å²) in [5.41, 5.74) is 1.38. The van der Waals surface area contributed by atoms with Gasteiger partial charge < -0.3 is 21.1 Å². The van der Waals surface area contributed by atoms with E-state index in [1.165, 1.54) is 0 Å². The van der Waals surface area contributed by atoms with Gasteiger partial charge in [-0.05, 0) is 29.8 Å². The Morgan fingerprint density at radius 2 is 1.81 bits per heavy atom. The summed E-state index contributed by atoms with van der Waals surface area (Å²) in [5.74, 6) is -0.334. The highest BCUT2D eigenvalue weighted by Crippen LogP contribution is 2.25. The Morgan fingerprint density at radius 3 is 2.39 bits per heavy atom. The molecule has 0 aromatic heterocycles. The van der Waals surface area contributed by atoms with E-state index in [0.717, 1.165) is 5.75 Å². The number of hydrogen-bond donors (Lipinski definition) is 4. The summed E-state index contributed by atoms with van der Waals surface area (Å²) in [5, 5.41) is 18.4. The minimum atomic E-state index is -1.11. The van der Waals surface area contributed by atoms with Crippen molar-refractivity contribution >= 4 is 58.4 Å². The van der Waals surface area contributed by atoms with Crippen LogP contribution >= 0.6 is 35.0 Å². The summed E-state index contributed by atoms with van der Waals surface area (Å²) in [6, 6.07) is 10.0. The molecule has 2 aromatic rings. The molecule has 1 saturated heterocycles. The number of carbonyl (C=O) groups excluding carboxylic acids is 2. The Balaban J connectivity index is 1.62. The van der Waals surface area contributed by atoms with E-state index in [2.05, 4.69) is 16.0 Å². The lowest BCUT2D eigenvalue weighted by Gasteiger charge is -2.24. The zero-order valence-electron chi connectivity index (χ0n) is 16.4. The Hall–Kier alpha value is -2.26. The molecule has 1 fully saturated rings. The first-order valence-electron chi connectivity index (χ1n) is 9.53. The summed E-state index contributed by atoms with van der Waals surface area (Å²) in [6.07, 6.45) is 0.117. The Morgan fingerprint density at radius 1 is 1.13 bits per heavy atom. The van der Waals surface area contributed by atoms with Crippen LogP contribution in [0.15, 0.2) is 42.5 Å². The first-order chi connectivity index (χ1) is 14.8. The Bertz CT molecular complexity index is 945. The second-order valence-corrected chi connectivity index (χ2v) is 8.90. The predicted octanol–water partition coefficient (Wildman–Crippen LogP) is 3.06. The number of aliphatic carboxylic acids is 1. The smallest absolute Gasteiger partial charge is 0.326 e. The third-order valence-electron chi connectivity index (χ3n) is 4.69. The molecule has 1 aliphatic heterocycles. The standard InChI is InChI=1S/C21H21Cl2N3O4S/c22-14-2-1-3-15(23)18(14)20(28)25-13-6-4-12(5-7-13)10-16(21(29)30)26-19(27)17-11-31-9-8-24-17/h1-7,16-17,24H,8-11H2,(H,25,28)(H,26,27)(H,29,30)/t16-,17-/m0/s1. The van der Waals surface area contributed by atoms with Crippen molar-refractivity contribution in [1.82, 2.24) is 10.6 Å². The first-order valence-corrected chi connectivity index (χ1v) is 11.4. The Labute approximate surface area is 193 Å². The summed E-state index contributed by atoms with van der Waals surface area (Å²) in [6.45, 7) is 0.715. The number of carbonyl (C=O) groups is 3. The number of anilines is 1. The van der Waals surface area contributed by atoms with Crippen molar-refractivity contribution in [1.29, 1.82) is 0 Å². The largest absolute Gasteiger partial charge is 0.480 e. The highest BCUT2D eigenvalue weighted by atomic mass is 35.5. The number of carboxylic acid groups (broad SMARTS) is 1. The van der Waals surface area contributed by atoms with Gasteiger partial charge in [-0.2, -0.15) is 11.8 Å². The maximum Gasteiger partial charge on any atom is 0.326 e. The number of benzene rings is 2. The van der Waals surface area contributed by atoms with Crippen LogP contribution in [0, 0.1) is 0 Å². The molecule has 7 nitrogen and oxygen atoms in total. The topological polar surface area (TPSA) is 108 Å². The molecule has 2 aromatic carbocycles. The molecule has 164 valence electrons. The van der Waals surface area contributed by atoms with Crippen LogP contribution in [0.1, 0.15) is 15.9 Å². The molecule has 0 radical (unpaired) electrons. The number of carboxylic acids is 1. The molecule has 0 unspecified atom stereocenters. The Kier molecular flexibility index (Phi) is 8.20. The van der Waals surface area contributed by atoms with E-state index >= 15 is 0 Å². The van der Waals surface area contributed by atoms with E-state index in [1.807, 2.05) is 0 Å². The highest BCUT2D eigenvalue weighted by molar-refractivity contribution is 7.99. The van der Waals surface area contributed by atoms with Gasteiger partial charge in [-0.15, -0.1) is 0 Å². The molecule has 2 atom stereocenters. The molecule has 3 rings (SSSR count). The van der Waals surface area contributed by atoms with E-state index in [-0.39, 0.29) is 27.9 Å². The lowest BCUT2D eigenvalue weighted by molar-refractivity contribution is -0.142. The zero-order valence-corrected chi connectivity index (χ0v) is 18.7. The molecular weight excluding hydrogens is 461 g/mol. The number of hydrogen-bond acceptors (Lipinski definition) is 5. The second kappa shape index (κ2) is 10.9. The van der Waals surface area contributed by atoms with Crippen LogP contribution < -0.4 is 16.0 Å². The summed E-state index contributed by atoms with van der Waals surface area (Å²) in [4.78, 5) is 36.4. The van der Waals surface area contributed by atoms with Crippen LogP contribution in [-0.4, -0.2) is 53.0 Å². The highest BCUT2D eigenvalue weighted by Gasteiger charge is 2.26. The van der Waals surface area contributed by atoms with Crippen molar-refractivity contribution in [3.05, 3.63) is 63.6 Å². The van der Waals surface area contributed by atoms with Gasteiger partial charge in [0.15, 0.2) is 0 Å². The number of nitrogens with one attached hydrogen (secondary N) is 3. The molecule has 31 heavy (non-hydrogen) atoms. The van der Waals surface area contributed by atoms with Crippen LogP contribution in [-0.2, 0) is 16.0 Å². The molecule has 10 heteroatoms. The van der Waals surface area contributed by atoms with Crippen molar-refractivity contribution in [2.45, 2.75) is 18.5 Å². The average Bonchev–Trinajstić information content (AvgIpc) is 2.75. The van der Waals surface area contributed by atoms with E-state index < -0.39 is 24.0 Å². The van der Waals surface area contributed by atoms with Gasteiger partial charge in [-0.25, -0.2) is 4.79 Å². The normalized spacial score (nSPS) is 16.9. The number of rotatable bonds is 7. The molecule has 4 N–H and O–H groups in total. The van der Waals surface area contributed by atoms with Crippen molar-refractivity contribution in [3.8, 4) is 0 Å². The third kappa shape index (κ3) is 6.36. The van der Waals surface area contributed by atoms with Crippen molar-refractivity contribution in [2.75, 3.05) is 23.4 Å². The SMILES string of the molecule is O=C(Nc1ccc(C[C@H](NC(=O)[C@@H]2CSCCN2)C(=O)O)cc1)c1c(Cl)cccc1Cl. The minimum absolute atomic E-state index is 0.117. The molecule has 0 saturated carbocycles. The summed E-state index contributed by atoms with van der Waals surface area (Å²) >= 11 is 13.8. The lowest BCUT2D eigenvalue weighted by Crippen LogP contribution is -2.53. The maximum atomic E-state index is 12.5. The van der Waals surface area contributed by atoms with Gasteiger partial charge in [0.1, 0.15) is 6.04 Å². The molecule has 0 bridgehead atoms. The second-order valence-electron chi connectivity index (χ2n) is 6.93. The maximum absolute atomic E-state index is 12.5. The lowest BCUT2D eigenvalue weighted by atomic mass is 10.0. The van der Waals surface area contributed by atoms with Gasteiger partial charge in [-0.1, -0.05) is 41.4 Å². The zero-order chi connectivity index (χ0) is 22.4. The van der Waals surface area contributed by atoms with Gasteiger partial charge in [0.05, 0.1) is 21.7 Å². The molecule has 0 spiro atoms. The first kappa shape index (κ1) is 23.4. The van der Waals surface area contributed by atoms with Crippen LogP contribution in [0.2, 0.25) is 10.0 Å². The van der Waals surface area contributed by atoms with Crippen molar-refractivity contribution in [2.24, 2.45) is 0 Å². The fourth-order valence-electron chi connectivity index (χ4n) is 3.07. The van der Waals surface area contributed by atoms with Gasteiger partial charge in [-0.3, -0.25) is 9.59 Å². The van der Waals surface area contributed by atoms with Crippen LogP contribution in [0.5, 0.6) is 0 Å². The van der Waals surface area contributed by atoms with Crippen molar-refractivity contribution < 1.29 is 19.5 Å². The molecular formula is C21H21Cl2N3O4S. The fraction of sp³-hybridized carbons (Fsp3) is 0.286. The quantitative estimate of drug-likeness (QED) is 0.483. The fourth-order valence-corrected chi connectivity index (χ4v) is 4.58. The van der Waals surface area contributed by atoms with E-state index in [9.17, 15) is 19.5 Å². The summed E-state index contributed by atoms with van der Waals surface area (Å²) in [7, 11) is 0. The monoisotopic (exact) mass is 481 g/mol. The van der Waals surface area contributed by atoms with E-state index in [4.69, 9.17) is 23.2 Å². The molecule has 0 aliphatic carbocycles. The third-order valence-corrected chi connectivity index (χ3v) is 6.39. The van der Waals surface area contributed by atoms with Gasteiger partial charge in [0, 0.05) is 30.2 Å². The number of thioether (sulfide) groups is 1. The van der Waals surface area contributed by atoms with Gasteiger partial charge in [0.2, 0.25) is 5.91 Å². The van der Waals surface area contributed by atoms with Crippen molar-refractivity contribution in [3.63, 3.8) is 0 Å². The minimum Gasteiger partial charge on any atom is -0.480 e. The van der Waals surface area contributed by atoms with Gasteiger partial charge >= 0.3 is 5.97 Å². The predicted molar refractivity (Wildman–Crippen MR) is 123 cm³/mol.